The van der Waals surface area contributed by atoms with Gasteiger partial charge in [0.15, 0.2) is 0 Å². The zero-order chi connectivity index (χ0) is 10.3. The minimum Gasteiger partial charge on any atom is -0.350 e. The van der Waals surface area contributed by atoms with Gasteiger partial charge in [-0.3, -0.25) is 4.79 Å². The molecule has 1 amide bonds. The predicted octanol–water partition coefficient (Wildman–Crippen LogP) is 0.886. The van der Waals surface area contributed by atoms with Crippen LogP contribution in [0.15, 0.2) is 0 Å². The Morgan fingerprint density at radius 2 is 2.00 bits per heavy atom. The smallest absolute Gasteiger partial charge is 0.224 e. The first-order valence-corrected chi connectivity index (χ1v) is 5.57. The van der Waals surface area contributed by atoms with E-state index in [0.29, 0.717) is 24.3 Å². The van der Waals surface area contributed by atoms with Gasteiger partial charge < -0.3 is 11.1 Å². The van der Waals surface area contributed by atoms with Gasteiger partial charge in [-0.25, -0.2) is 0 Å². The Labute approximate surface area is 85.4 Å². The highest BCUT2D eigenvalue weighted by molar-refractivity contribution is 5.83. The van der Waals surface area contributed by atoms with E-state index in [-0.39, 0.29) is 11.4 Å². The van der Waals surface area contributed by atoms with E-state index in [1.807, 2.05) is 13.8 Å². The summed E-state index contributed by atoms with van der Waals surface area (Å²) in [5.41, 5.74) is 5.33. The topological polar surface area (TPSA) is 55.1 Å². The fraction of sp³-hybridized carbons (Fsp3) is 0.909. The summed E-state index contributed by atoms with van der Waals surface area (Å²) >= 11 is 0. The normalized spacial score (nSPS) is 35.2. The van der Waals surface area contributed by atoms with E-state index >= 15 is 0 Å². The molecule has 2 fully saturated rings. The maximum absolute atomic E-state index is 11.8. The quantitative estimate of drug-likeness (QED) is 0.704. The molecule has 3 N–H and O–H groups in total. The maximum Gasteiger partial charge on any atom is 0.224 e. The predicted molar refractivity (Wildman–Crippen MR) is 55.6 cm³/mol. The summed E-state index contributed by atoms with van der Waals surface area (Å²) in [6.07, 6.45) is 3.83. The minimum absolute atomic E-state index is 0.232. The molecule has 2 saturated carbocycles. The van der Waals surface area contributed by atoms with Gasteiger partial charge in [-0.1, -0.05) is 6.42 Å². The number of hydrogen-bond donors (Lipinski definition) is 2. The number of rotatable bonds is 3. The summed E-state index contributed by atoms with van der Waals surface area (Å²) in [4.78, 5) is 11.8. The first-order valence-electron chi connectivity index (χ1n) is 5.57. The van der Waals surface area contributed by atoms with E-state index in [2.05, 4.69) is 5.32 Å². The average Bonchev–Trinajstić information content (AvgIpc) is 2.61. The summed E-state index contributed by atoms with van der Waals surface area (Å²) in [7, 11) is 0. The molecule has 2 aliphatic rings. The SMILES string of the molecule is CC(C)(CN)NC(=O)C1C2CCCC21. The van der Waals surface area contributed by atoms with E-state index in [1.54, 1.807) is 0 Å². The molecule has 2 unspecified atom stereocenters. The van der Waals surface area contributed by atoms with Crippen LogP contribution in [0.2, 0.25) is 0 Å². The molecule has 2 aliphatic carbocycles. The van der Waals surface area contributed by atoms with Crippen molar-refractivity contribution in [3.05, 3.63) is 0 Å². The highest BCUT2D eigenvalue weighted by Crippen LogP contribution is 2.57. The number of carbonyl (C=O) groups is 1. The van der Waals surface area contributed by atoms with Crippen molar-refractivity contribution in [2.75, 3.05) is 6.54 Å². The van der Waals surface area contributed by atoms with Crippen molar-refractivity contribution in [1.29, 1.82) is 0 Å². The van der Waals surface area contributed by atoms with E-state index in [0.717, 1.165) is 0 Å². The highest BCUT2D eigenvalue weighted by atomic mass is 16.2. The van der Waals surface area contributed by atoms with Crippen LogP contribution in [0.25, 0.3) is 0 Å². The number of carbonyl (C=O) groups excluding carboxylic acids is 1. The van der Waals surface area contributed by atoms with Gasteiger partial charge in [0.1, 0.15) is 0 Å². The van der Waals surface area contributed by atoms with Gasteiger partial charge in [-0.05, 0) is 38.5 Å². The lowest BCUT2D eigenvalue weighted by molar-refractivity contribution is -0.124. The van der Waals surface area contributed by atoms with Gasteiger partial charge in [0.2, 0.25) is 5.91 Å². The van der Waals surface area contributed by atoms with Gasteiger partial charge in [0.25, 0.3) is 0 Å². The molecule has 3 heteroatoms. The first kappa shape index (κ1) is 9.97. The zero-order valence-corrected chi connectivity index (χ0v) is 9.05. The Morgan fingerprint density at radius 3 is 2.50 bits per heavy atom. The van der Waals surface area contributed by atoms with Gasteiger partial charge in [-0.15, -0.1) is 0 Å². The molecule has 3 nitrogen and oxygen atoms in total. The van der Waals surface area contributed by atoms with Crippen LogP contribution in [0.1, 0.15) is 33.1 Å². The van der Waals surface area contributed by atoms with Crippen molar-refractivity contribution in [1.82, 2.24) is 5.32 Å². The third-order valence-corrected chi connectivity index (χ3v) is 3.68. The van der Waals surface area contributed by atoms with Crippen LogP contribution in [-0.2, 0) is 4.79 Å². The Balaban J connectivity index is 1.86. The van der Waals surface area contributed by atoms with Crippen LogP contribution in [0.4, 0.5) is 0 Å². The molecule has 0 bridgehead atoms. The van der Waals surface area contributed by atoms with Gasteiger partial charge in [-0.2, -0.15) is 0 Å². The van der Waals surface area contributed by atoms with Gasteiger partial charge in [0.05, 0.1) is 0 Å². The largest absolute Gasteiger partial charge is 0.350 e. The third kappa shape index (κ3) is 1.65. The average molecular weight is 196 g/mol. The minimum atomic E-state index is -0.242. The van der Waals surface area contributed by atoms with Gasteiger partial charge in [0, 0.05) is 18.0 Å². The molecular weight excluding hydrogens is 176 g/mol. The van der Waals surface area contributed by atoms with Crippen molar-refractivity contribution < 1.29 is 4.79 Å². The second kappa shape index (κ2) is 3.23. The molecular formula is C11H20N2O. The molecule has 80 valence electrons. The summed E-state index contributed by atoms with van der Waals surface area (Å²) in [6, 6.07) is 0. The molecule has 0 aromatic carbocycles. The summed E-state index contributed by atoms with van der Waals surface area (Å²) in [6.45, 7) is 4.45. The molecule has 0 spiro atoms. The maximum atomic E-state index is 11.8. The third-order valence-electron chi connectivity index (χ3n) is 3.68. The second-order valence-corrected chi connectivity index (χ2v) is 5.36. The van der Waals surface area contributed by atoms with Crippen molar-refractivity contribution in [3.63, 3.8) is 0 Å². The number of amides is 1. The van der Waals surface area contributed by atoms with Crippen molar-refractivity contribution in [2.45, 2.75) is 38.6 Å². The van der Waals surface area contributed by atoms with Crippen LogP contribution >= 0.6 is 0 Å². The summed E-state index contributed by atoms with van der Waals surface area (Å²) in [5, 5.41) is 3.03. The molecule has 0 saturated heterocycles. The Bertz CT molecular complexity index is 240. The van der Waals surface area contributed by atoms with E-state index in [9.17, 15) is 4.79 Å². The molecule has 2 rings (SSSR count). The van der Waals surface area contributed by atoms with Crippen LogP contribution in [0.3, 0.4) is 0 Å². The standard InChI is InChI=1S/C11H20N2O/c1-11(2,6-12)13-10(14)9-7-4-3-5-8(7)9/h7-9H,3-6,12H2,1-2H3,(H,13,14). The molecule has 0 heterocycles. The Morgan fingerprint density at radius 1 is 1.43 bits per heavy atom. The number of hydrogen-bond acceptors (Lipinski definition) is 2. The van der Waals surface area contributed by atoms with Crippen LogP contribution < -0.4 is 11.1 Å². The number of nitrogens with one attached hydrogen (secondary N) is 1. The van der Waals surface area contributed by atoms with Crippen molar-refractivity contribution >= 4 is 5.91 Å². The molecule has 14 heavy (non-hydrogen) atoms. The summed E-state index contributed by atoms with van der Waals surface area (Å²) in [5.74, 6) is 1.94. The molecule has 0 radical (unpaired) electrons. The number of nitrogens with two attached hydrogens (primary N) is 1. The van der Waals surface area contributed by atoms with Crippen molar-refractivity contribution in [3.8, 4) is 0 Å². The zero-order valence-electron chi connectivity index (χ0n) is 9.05. The van der Waals surface area contributed by atoms with Crippen LogP contribution in [-0.4, -0.2) is 18.0 Å². The van der Waals surface area contributed by atoms with E-state index in [4.69, 9.17) is 5.73 Å². The number of fused-ring (bicyclic) bond motifs is 1. The van der Waals surface area contributed by atoms with E-state index < -0.39 is 0 Å². The molecule has 0 aliphatic heterocycles. The van der Waals surface area contributed by atoms with E-state index in [1.165, 1.54) is 19.3 Å². The fourth-order valence-electron chi connectivity index (χ4n) is 2.68. The highest BCUT2D eigenvalue weighted by Gasteiger charge is 2.56. The lowest BCUT2D eigenvalue weighted by Gasteiger charge is -2.24. The Kier molecular flexibility index (Phi) is 2.30. The molecule has 0 aromatic heterocycles. The lowest BCUT2D eigenvalue weighted by Crippen LogP contribution is -2.49. The molecule has 2 atom stereocenters. The second-order valence-electron chi connectivity index (χ2n) is 5.36. The van der Waals surface area contributed by atoms with Gasteiger partial charge >= 0.3 is 0 Å². The molecule has 0 aromatic rings. The first-order chi connectivity index (χ1) is 6.55. The fourth-order valence-corrected chi connectivity index (χ4v) is 2.68. The van der Waals surface area contributed by atoms with Crippen LogP contribution in [0.5, 0.6) is 0 Å². The summed E-state index contributed by atoms with van der Waals surface area (Å²) < 4.78 is 0. The monoisotopic (exact) mass is 196 g/mol. The van der Waals surface area contributed by atoms with Crippen LogP contribution in [0, 0.1) is 17.8 Å². The lowest BCUT2D eigenvalue weighted by atomic mass is 10.0. The Hall–Kier alpha value is -0.570. The van der Waals surface area contributed by atoms with Crippen molar-refractivity contribution in [2.24, 2.45) is 23.5 Å².